The van der Waals surface area contributed by atoms with Crippen molar-refractivity contribution in [3.8, 4) is 5.75 Å². The van der Waals surface area contributed by atoms with Gasteiger partial charge in [-0.2, -0.15) is 0 Å². The smallest absolute Gasteiger partial charge is 0.257 e. The molecule has 9 nitrogen and oxygen atoms in total. The summed E-state index contributed by atoms with van der Waals surface area (Å²) in [6.45, 7) is 3.61. The van der Waals surface area contributed by atoms with Crippen LogP contribution >= 0.6 is 0 Å². The molecule has 2 aliphatic heterocycles. The molecule has 1 fully saturated rings. The van der Waals surface area contributed by atoms with Gasteiger partial charge in [-0.15, -0.1) is 0 Å². The number of nitrogens with zero attached hydrogens (tertiary/aromatic N) is 3. The van der Waals surface area contributed by atoms with Crippen LogP contribution in [0.4, 0.5) is 0 Å². The van der Waals surface area contributed by atoms with Crippen molar-refractivity contribution in [2.45, 2.75) is 44.6 Å². The van der Waals surface area contributed by atoms with Crippen molar-refractivity contribution in [2.75, 3.05) is 20.2 Å². The van der Waals surface area contributed by atoms with Crippen LogP contribution in [-0.4, -0.2) is 52.6 Å². The van der Waals surface area contributed by atoms with Gasteiger partial charge in [-0.3, -0.25) is 9.59 Å². The molecule has 2 aliphatic rings. The van der Waals surface area contributed by atoms with Crippen molar-refractivity contribution in [1.82, 2.24) is 19.8 Å². The van der Waals surface area contributed by atoms with Crippen LogP contribution in [0.1, 0.15) is 40.3 Å². The summed E-state index contributed by atoms with van der Waals surface area (Å²) in [6, 6.07) is 9.28. The van der Waals surface area contributed by atoms with Crippen molar-refractivity contribution in [1.29, 1.82) is 0 Å². The minimum atomic E-state index is -0.702. The molecule has 1 atom stereocenters. The number of methoxy groups -OCH3 is 1. The molecule has 0 bridgehead atoms. The van der Waals surface area contributed by atoms with E-state index in [1.165, 1.54) is 6.26 Å². The van der Waals surface area contributed by atoms with Crippen LogP contribution < -0.4 is 10.1 Å². The second-order valence-corrected chi connectivity index (χ2v) is 8.75. The Morgan fingerprint density at radius 1 is 1.21 bits per heavy atom. The molecule has 9 heteroatoms. The summed E-state index contributed by atoms with van der Waals surface area (Å²) in [5.74, 6) is 1.99. The van der Waals surface area contributed by atoms with E-state index in [1.54, 1.807) is 26.3 Å². The van der Waals surface area contributed by atoms with Gasteiger partial charge in [-0.05, 0) is 30.7 Å². The fourth-order valence-electron chi connectivity index (χ4n) is 4.77. The maximum atomic E-state index is 13.0. The first-order valence-electron chi connectivity index (χ1n) is 11.4. The van der Waals surface area contributed by atoms with Gasteiger partial charge in [0.1, 0.15) is 22.9 Å². The maximum Gasteiger partial charge on any atom is 0.257 e. The number of fused-ring (bicyclic) bond motifs is 2. The molecule has 178 valence electrons. The van der Waals surface area contributed by atoms with E-state index >= 15 is 0 Å². The molecule has 4 heterocycles. The van der Waals surface area contributed by atoms with Crippen LogP contribution in [0.15, 0.2) is 53.4 Å². The Morgan fingerprint density at radius 2 is 1.97 bits per heavy atom. The highest BCUT2D eigenvalue weighted by molar-refractivity contribution is 5.95. The molecule has 1 aromatic carbocycles. The van der Waals surface area contributed by atoms with E-state index in [0.717, 1.165) is 17.1 Å². The number of furan rings is 1. The zero-order chi connectivity index (χ0) is 23.7. The minimum absolute atomic E-state index is 0.0472. The molecule has 1 spiro atoms. The number of ether oxygens (including phenoxy) is 2. The monoisotopic (exact) mass is 464 g/mol. The third-order valence-electron chi connectivity index (χ3n) is 6.72. The first-order valence-corrected chi connectivity index (χ1v) is 11.4. The van der Waals surface area contributed by atoms with Gasteiger partial charge in [-0.1, -0.05) is 12.1 Å². The van der Waals surface area contributed by atoms with Crippen molar-refractivity contribution in [3.05, 3.63) is 71.7 Å². The average molecular weight is 465 g/mol. The zero-order valence-electron chi connectivity index (χ0n) is 19.3. The van der Waals surface area contributed by atoms with E-state index in [9.17, 15) is 9.59 Å². The van der Waals surface area contributed by atoms with E-state index < -0.39 is 11.7 Å². The Hall–Kier alpha value is -3.59. The maximum absolute atomic E-state index is 13.0. The first-order chi connectivity index (χ1) is 16.5. The number of imidazole rings is 1. The van der Waals surface area contributed by atoms with Gasteiger partial charge < -0.3 is 28.7 Å². The summed E-state index contributed by atoms with van der Waals surface area (Å²) >= 11 is 0. The highest BCUT2D eigenvalue weighted by Crippen LogP contribution is 2.40. The van der Waals surface area contributed by atoms with Crippen LogP contribution in [0.3, 0.4) is 0 Å². The zero-order valence-corrected chi connectivity index (χ0v) is 19.3. The standard InChI is InChI=1S/C25H28N4O5/c1-17-20(7-14-33-17)23(31)28-11-8-25(9-12-28)24-26-10-13-29(24)16-21(34-25)22(30)27-15-18-3-5-19(32-2)6-4-18/h3-7,10,13-14,21H,8-9,11-12,15-16H2,1-2H3,(H,27,30)/t21-/m1/s1. The van der Waals surface area contributed by atoms with Crippen LogP contribution in [-0.2, 0) is 28.2 Å². The molecule has 1 saturated heterocycles. The second-order valence-electron chi connectivity index (χ2n) is 8.75. The fraction of sp³-hybridized carbons (Fsp3) is 0.400. The number of carbonyl (C=O) groups is 2. The average Bonchev–Trinajstić information content (AvgIpc) is 3.52. The number of amides is 2. The van der Waals surface area contributed by atoms with E-state index in [0.29, 0.717) is 50.3 Å². The lowest BCUT2D eigenvalue weighted by molar-refractivity contribution is -0.172. The topological polar surface area (TPSA) is 98.8 Å². The summed E-state index contributed by atoms with van der Waals surface area (Å²) in [6.07, 6.45) is 5.65. The molecule has 0 unspecified atom stereocenters. The lowest BCUT2D eigenvalue weighted by Gasteiger charge is -2.45. The summed E-state index contributed by atoms with van der Waals surface area (Å²) < 4.78 is 18.9. The fourth-order valence-corrected chi connectivity index (χ4v) is 4.77. The van der Waals surface area contributed by atoms with Crippen molar-refractivity contribution < 1.29 is 23.5 Å². The van der Waals surface area contributed by atoms with E-state index in [4.69, 9.17) is 13.9 Å². The van der Waals surface area contributed by atoms with Gasteiger partial charge in [0.25, 0.3) is 11.8 Å². The Morgan fingerprint density at radius 3 is 2.65 bits per heavy atom. The van der Waals surface area contributed by atoms with Gasteiger partial charge >= 0.3 is 0 Å². The number of rotatable bonds is 5. The number of piperidine rings is 1. The Bertz CT molecular complexity index is 1170. The molecule has 3 aromatic rings. The predicted octanol–water partition coefficient (Wildman–Crippen LogP) is 2.64. The number of aryl methyl sites for hydroxylation is 1. The number of benzene rings is 1. The number of hydrogen-bond donors (Lipinski definition) is 1. The highest BCUT2D eigenvalue weighted by atomic mass is 16.5. The summed E-state index contributed by atoms with van der Waals surface area (Å²) in [7, 11) is 1.62. The Balaban J connectivity index is 1.26. The number of hydrogen-bond acceptors (Lipinski definition) is 6. The van der Waals surface area contributed by atoms with Crippen LogP contribution in [0.25, 0.3) is 0 Å². The molecule has 2 amide bonds. The van der Waals surface area contributed by atoms with Gasteiger partial charge in [0.2, 0.25) is 0 Å². The Labute approximate surface area is 197 Å². The number of aromatic nitrogens is 2. The molecule has 2 aromatic heterocycles. The lowest BCUT2D eigenvalue weighted by atomic mass is 9.88. The normalized spacial score (nSPS) is 19.0. The van der Waals surface area contributed by atoms with Gasteiger partial charge in [0.15, 0.2) is 6.10 Å². The van der Waals surface area contributed by atoms with Crippen LogP contribution in [0.2, 0.25) is 0 Å². The van der Waals surface area contributed by atoms with Crippen LogP contribution in [0.5, 0.6) is 5.75 Å². The Kier molecular flexibility index (Phi) is 5.87. The molecular weight excluding hydrogens is 436 g/mol. The molecule has 0 saturated carbocycles. The summed E-state index contributed by atoms with van der Waals surface area (Å²) in [5.41, 5.74) is 0.855. The minimum Gasteiger partial charge on any atom is -0.497 e. The molecule has 1 N–H and O–H groups in total. The predicted molar refractivity (Wildman–Crippen MR) is 122 cm³/mol. The van der Waals surface area contributed by atoms with E-state index in [2.05, 4.69) is 10.3 Å². The van der Waals surface area contributed by atoms with Crippen molar-refractivity contribution in [2.24, 2.45) is 0 Å². The van der Waals surface area contributed by atoms with E-state index in [-0.39, 0.29) is 11.8 Å². The number of likely N-dealkylation sites (tertiary alicyclic amines) is 1. The van der Waals surface area contributed by atoms with Crippen molar-refractivity contribution in [3.63, 3.8) is 0 Å². The number of carbonyl (C=O) groups excluding carboxylic acids is 2. The molecule has 0 aliphatic carbocycles. The molecule has 0 radical (unpaired) electrons. The second kappa shape index (κ2) is 8.98. The first kappa shape index (κ1) is 22.2. The highest BCUT2D eigenvalue weighted by Gasteiger charge is 2.47. The molecule has 34 heavy (non-hydrogen) atoms. The lowest BCUT2D eigenvalue weighted by Crippen LogP contribution is -2.54. The van der Waals surface area contributed by atoms with E-state index in [1.807, 2.05) is 39.9 Å². The van der Waals surface area contributed by atoms with Gasteiger partial charge in [-0.25, -0.2) is 4.98 Å². The summed E-state index contributed by atoms with van der Waals surface area (Å²) in [5, 5.41) is 2.99. The third kappa shape index (κ3) is 4.07. The van der Waals surface area contributed by atoms with Crippen LogP contribution in [0, 0.1) is 6.92 Å². The SMILES string of the molecule is COc1ccc(CNC(=O)[C@H]2Cn3ccnc3C3(CCN(C(=O)c4ccoc4C)CC3)O2)cc1. The summed E-state index contributed by atoms with van der Waals surface area (Å²) in [4.78, 5) is 32.3. The van der Waals surface area contributed by atoms with Gasteiger partial charge in [0.05, 0.1) is 25.5 Å². The largest absolute Gasteiger partial charge is 0.497 e. The quantitative estimate of drug-likeness (QED) is 0.623. The molecular formula is C25H28N4O5. The van der Waals surface area contributed by atoms with Gasteiger partial charge in [0, 0.05) is 44.9 Å². The number of nitrogens with one attached hydrogen (secondary N) is 1. The van der Waals surface area contributed by atoms with Crippen molar-refractivity contribution >= 4 is 11.8 Å². The third-order valence-corrected chi connectivity index (χ3v) is 6.72. The molecule has 5 rings (SSSR count).